The number of ether oxygens (including phenoxy) is 3. The van der Waals surface area contributed by atoms with Crippen molar-refractivity contribution >= 4 is 23.9 Å². The van der Waals surface area contributed by atoms with E-state index >= 15 is 0 Å². The fourth-order valence-electron chi connectivity index (χ4n) is 1.92. The van der Waals surface area contributed by atoms with E-state index in [-0.39, 0.29) is 19.6 Å². The maximum atomic E-state index is 11.6. The van der Waals surface area contributed by atoms with Gasteiger partial charge in [-0.2, -0.15) is 4.89 Å². The van der Waals surface area contributed by atoms with Gasteiger partial charge in [0, 0.05) is 6.42 Å². The molecule has 0 amide bonds. The fraction of sp³-hybridized carbons (Fsp3) is 0.778. The third-order valence-electron chi connectivity index (χ3n) is 3.23. The van der Waals surface area contributed by atoms with E-state index in [0.717, 1.165) is 12.8 Å². The van der Waals surface area contributed by atoms with Gasteiger partial charge in [-0.25, -0.2) is 19.2 Å². The molecule has 0 heterocycles. The van der Waals surface area contributed by atoms with Crippen molar-refractivity contribution < 1.29 is 43.2 Å². The van der Waals surface area contributed by atoms with Gasteiger partial charge in [0.25, 0.3) is 0 Å². The van der Waals surface area contributed by atoms with Crippen LogP contribution >= 0.6 is 0 Å². The minimum atomic E-state index is -1.27. The van der Waals surface area contributed by atoms with Crippen molar-refractivity contribution in [3.63, 3.8) is 0 Å². The van der Waals surface area contributed by atoms with Gasteiger partial charge in [0.2, 0.25) is 0 Å². The minimum Gasteiger partial charge on any atom is -0.457 e. The largest absolute Gasteiger partial charge is 0.457 e. The molecule has 0 saturated carbocycles. The average Bonchev–Trinajstić information content (AvgIpc) is 2.59. The lowest BCUT2D eigenvalue weighted by Crippen LogP contribution is -2.35. The van der Waals surface area contributed by atoms with E-state index in [0.29, 0.717) is 12.8 Å². The van der Waals surface area contributed by atoms with E-state index in [1.165, 1.54) is 0 Å². The summed E-state index contributed by atoms with van der Waals surface area (Å²) in [6.45, 7) is 8.78. The van der Waals surface area contributed by atoms with E-state index in [1.807, 2.05) is 13.8 Å². The zero-order valence-corrected chi connectivity index (χ0v) is 16.7. The Morgan fingerprint density at radius 3 is 1.78 bits per heavy atom. The Labute approximate surface area is 159 Å². The fourth-order valence-corrected chi connectivity index (χ4v) is 1.92. The Bertz CT molecular complexity index is 499. The van der Waals surface area contributed by atoms with Crippen LogP contribution in [0.4, 0.5) is 0 Å². The van der Waals surface area contributed by atoms with Crippen LogP contribution in [0.15, 0.2) is 0 Å². The predicted octanol–water partition coefficient (Wildman–Crippen LogP) is 2.25. The van der Waals surface area contributed by atoms with E-state index in [2.05, 4.69) is 4.89 Å². The quantitative estimate of drug-likeness (QED) is 0.131. The van der Waals surface area contributed by atoms with E-state index in [1.54, 1.807) is 20.8 Å². The molecule has 0 saturated heterocycles. The number of rotatable bonds is 11. The number of esters is 3. The summed E-state index contributed by atoms with van der Waals surface area (Å²) in [5.74, 6) is -4.59. The minimum absolute atomic E-state index is 0.0964. The summed E-state index contributed by atoms with van der Waals surface area (Å²) in [6.07, 6.45) is 2.31. The van der Waals surface area contributed by atoms with Gasteiger partial charge < -0.3 is 14.2 Å². The highest BCUT2D eigenvalue weighted by atomic mass is 17.2. The van der Waals surface area contributed by atoms with Crippen molar-refractivity contribution in [1.29, 1.82) is 0 Å². The molecule has 0 aromatic carbocycles. The van der Waals surface area contributed by atoms with Crippen molar-refractivity contribution in [2.45, 2.75) is 78.4 Å². The van der Waals surface area contributed by atoms with Gasteiger partial charge in [-0.15, -0.1) is 0 Å². The van der Waals surface area contributed by atoms with Gasteiger partial charge in [-0.05, 0) is 33.6 Å². The summed E-state index contributed by atoms with van der Waals surface area (Å²) in [6, 6.07) is 0. The molecule has 0 aromatic heterocycles. The first-order chi connectivity index (χ1) is 12.6. The molecule has 9 nitrogen and oxygen atoms in total. The van der Waals surface area contributed by atoms with Crippen LogP contribution in [-0.4, -0.2) is 48.8 Å². The predicted molar refractivity (Wildman–Crippen MR) is 93.2 cm³/mol. The van der Waals surface area contributed by atoms with Crippen molar-refractivity contribution in [2.24, 2.45) is 0 Å². The van der Waals surface area contributed by atoms with Crippen LogP contribution in [0.2, 0.25) is 0 Å². The van der Waals surface area contributed by atoms with Gasteiger partial charge in [0.15, 0.2) is 0 Å². The van der Waals surface area contributed by atoms with Gasteiger partial charge in [-0.3, -0.25) is 4.89 Å². The van der Waals surface area contributed by atoms with Gasteiger partial charge in [-0.1, -0.05) is 26.7 Å². The van der Waals surface area contributed by atoms with E-state index in [4.69, 9.17) is 19.1 Å². The molecule has 0 fully saturated rings. The lowest BCUT2D eigenvalue weighted by atomic mass is 10.0. The highest BCUT2D eigenvalue weighted by molar-refractivity contribution is 6.30. The molecule has 0 spiro atoms. The Morgan fingerprint density at radius 2 is 1.30 bits per heavy atom. The Balaban J connectivity index is 4.28. The first-order valence-electron chi connectivity index (χ1n) is 9.07. The normalized spacial score (nSPS) is 12.0. The molecule has 0 aliphatic rings. The van der Waals surface area contributed by atoms with Crippen LogP contribution in [0.5, 0.6) is 0 Å². The molecule has 0 aliphatic heterocycles. The Morgan fingerprint density at radius 1 is 0.815 bits per heavy atom. The number of carbonyl (C=O) groups excluding carboxylic acids is 4. The maximum Gasteiger partial charge on any atom is 0.449 e. The second kappa shape index (κ2) is 13.1. The average molecular weight is 390 g/mol. The van der Waals surface area contributed by atoms with E-state index < -0.39 is 35.6 Å². The van der Waals surface area contributed by atoms with Crippen molar-refractivity contribution in [3.05, 3.63) is 0 Å². The second-order valence-electron chi connectivity index (χ2n) is 6.61. The van der Waals surface area contributed by atoms with Crippen LogP contribution in [-0.2, 0) is 43.2 Å². The third-order valence-corrected chi connectivity index (χ3v) is 3.23. The Hall–Kier alpha value is -2.16. The van der Waals surface area contributed by atoms with Gasteiger partial charge in [0.05, 0.1) is 13.2 Å². The molecule has 0 radical (unpaired) electrons. The molecule has 9 heteroatoms. The zero-order chi connectivity index (χ0) is 20.9. The summed E-state index contributed by atoms with van der Waals surface area (Å²) < 4.78 is 14.4. The summed E-state index contributed by atoms with van der Waals surface area (Å²) >= 11 is 0. The van der Waals surface area contributed by atoms with Crippen molar-refractivity contribution in [3.8, 4) is 0 Å². The van der Waals surface area contributed by atoms with Crippen LogP contribution in [0.3, 0.4) is 0 Å². The summed E-state index contributed by atoms with van der Waals surface area (Å²) in [4.78, 5) is 55.4. The van der Waals surface area contributed by atoms with Gasteiger partial charge >= 0.3 is 23.9 Å². The van der Waals surface area contributed by atoms with Gasteiger partial charge in [0.1, 0.15) is 11.7 Å². The van der Waals surface area contributed by atoms with Crippen molar-refractivity contribution in [2.75, 3.05) is 13.2 Å². The first-order valence-corrected chi connectivity index (χ1v) is 9.07. The topological polar surface area (TPSA) is 114 Å². The third kappa shape index (κ3) is 12.0. The SMILES string of the molecule is CCCCOC(=O)C(=O)OOC(C)(C)CC(C)OC(=O)C(=O)OCCCC. The molecule has 0 rings (SSSR count). The zero-order valence-electron chi connectivity index (χ0n) is 16.7. The van der Waals surface area contributed by atoms with Crippen molar-refractivity contribution in [1.82, 2.24) is 0 Å². The monoisotopic (exact) mass is 390 g/mol. The summed E-state index contributed by atoms with van der Waals surface area (Å²) in [5, 5.41) is 0. The van der Waals surface area contributed by atoms with Crippen LogP contribution < -0.4 is 0 Å². The highest BCUT2D eigenvalue weighted by Gasteiger charge is 2.30. The first kappa shape index (κ1) is 24.8. The molecule has 156 valence electrons. The summed E-state index contributed by atoms with van der Waals surface area (Å²) in [7, 11) is 0. The molecule has 1 unspecified atom stereocenters. The summed E-state index contributed by atoms with van der Waals surface area (Å²) in [5.41, 5.74) is -1.08. The van der Waals surface area contributed by atoms with E-state index in [9.17, 15) is 19.2 Å². The number of hydrogen-bond donors (Lipinski definition) is 0. The molecule has 0 bridgehead atoms. The second-order valence-corrected chi connectivity index (χ2v) is 6.61. The lowest BCUT2D eigenvalue weighted by Gasteiger charge is -2.25. The molecule has 0 aromatic rings. The molecule has 0 aliphatic carbocycles. The van der Waals surface area contributed by atoms with Crippen LogP contribution in [0, 0.1) is 0 Å². The number of carbonyl (C=O) groups is 4. The van der Waals surface area contributed by atoms with Crippen LogP contribution in [0.1, 0.15) is 66.7 Å². The molecular formula is C18H30O9. The maximum absolute atomic E-state index is 11.6. The van der Waals surface area contributed by atoms with Crippen LogP contribution in [0.25, 0.3) is 0 Å². The Kier molecular flexibility index (Phi) is 12.0. The molecule has 1 atom stereocenters. The number of hydrogen-bond acceptors (Lipinski definition) is 9. The number of unbranched alkanes of at least 4 members (excludes halogenated alkanes) is 2. The standard InChI is InChI=1S/C18H30O9/c1-6-8-10-23-14(19)16(21)25-13(3)12-18(4,5)27-26-17(22)15(20)24-11-9-7-2/h13H,6-12H2,1-5H3. The molecular weight excluding hydrogens is 360 g/mol. The highest BCUT2D eigenvalue weighted by Crippen LogP contribution is 2.19. The lowest BCUT2D eigenvalue weighted by molar-refractivity contribution is -0.327. The smallest absolute Gasteiger partial charge is 0.449 e. The molecule has 27 heavy (non-hydrogen) atoms. The molecule has 0 N–H and O–H groups in total.